The third-order valence-corrected chi connectivity index (χ3v) is 6.53. The van der Waals surface area contributed by atoms with Crippen LogP contribution in [-0.4, -0.2) is 27.6 Å². The molecule has 3 rings (SSSR count). The van der Waals surface area contributed by atoms with Gasteiger partial charge in [-0.2, -0.15) is 5.10 Å². The van der Waals surface area contributed by atoms with E-state index in [2.05, 4.69) is 15.2 Å². The molecule has 0 aliphatic rings. The van der Waals surface area contributed by atoms with Crippen LogP contribution >= 0.6 is 0 Å². The van der Waals surface area contributed by atoms with E-state index in [1.54, 1.807) is 55.6 Å². The number of hydrazone groups is 1. The van der Waals surface area contributed by atoms with Crippen LogP contribution in [0, 0.1) is 13.8 Å². The number of hydrogen-bond acceptors (Lipinski definition) is 5. The molecule has 1 atom stereocenters. The average molecular weight is 466 g/mol. The van der Waals surface area contributed by atoms with Gasteiger partial charge in [0.2, 0.25) is 15.9 Å². The van der Waals surface area contributed by atoms with Crippen molar-refractivity contribution in [1.29, 1.82) is 0 Å². The summed E-state index contributed by atoms with van der Waals surface area (Å²) in [5.74, 6) is 0.347. The minimum Gasteiger partial charge on any atom is -0.496 e. The Morgan fingerprint density at radius 2 is 1.73 bits per heavy atom. The predicted molar refractivity (Wildman–Crippen MR) is 129 cm³/mol. The standard InChI is InChI=1S/C25H27N3O4S/c1-18-9-12-22(13-10-18)33(30,31)28-23(21-7-5-4-6-8-21)16-25(29)27-26-17-20-11-14-24(32-3)19(2)15-20/h4-15,17,23,28H,16H2,1-3H3,(H,27,29)/b26-17-/t23-/m0/s1. The second-order valence-corrected chi connectivity index (χ2v) is 9.34. The summed E-state index contributed by atoms with van der Waals surface area (Å²) < 4.78 is 33.7. The lowest BCUT2D eigenvalue weighted by molar-refractivity contribution is -0.121. The smallest absolute Gasteiger partial charge is 0.242 e. The van der Waals surface area contributed by atoms with Crippen LogP contribution in [-0.2, 0) is 14.8 Å². The van der Waals surface area contributed by atoms with Gasteiger partial charge in [0.25, 0.3) is 0 Å². The summed E-state index contributed by atoms with van der Waals surface area (Å²) in [5.41, 5.74) is 5.86. The van der Waals surface area contributed by atoms with E-state index in [1.807, 2.05) is 38.1 Å². The number of methoxy groups -OCH3 is 1. The summed E-state index contributed by atoms with van der Waals surface area (Å²) in [6.07, 6.45) is 1.41. The van der Waals surface area contributed by atoms with E-state index in [0.717, 1.165) is 22.4 Å². The molecule has 7 nitrogen and oxygen atoms in total. The Morgan fingerprint density at radius 3 is 2.36 bits per heavy atom. The lowest BCUT2D eigenvalue weighted by atomic mass is 10.0. The number of nitrogens with zero attached hydrogens (tertiary/aromatic N) is 1. The van der Waals surface area contributed by atoms with Crippen molar-refractivity contribution >= 4 is 22.1 Å². The molecule has 0 spiro atoms. The van der Waals surface area contributed by atoms with Crippen molar-refractivity contribution < 1.29 is 17.9 Å². The quantitative estimate of drug-likeness (QED) is 0.370. The largest absolute Gasteiger partial charge is 0.496 e. The zero-order chi connectivity index (χ0) is 23.8. The molecule has 3 aromatic rings. The number of hydrogen-bond donors (Lipinski definition) is 2. The highest BCUT2D eigenvalue weighted by Gasteiger charge is 2.23. The first kappa shape index (κ1) is 24.2. The van der Waals surface area contributed by atoms with Crippen LogP contribution in [0.4, 0.5) is 0 Å². The third kappa shape index (κ3) is 6.74. The van der Waals surface area contributed by atoms with E-state index in [9.17, 15) is 13.2 Å². The van der Waals surface area contributed by atoms with E-state index < -0.39 is 22.0 Å². The molecule has 0 aliphatic heterocycles. The second-order valence-electron chi connectivity index (χ2n) is 7.62. The highest BCUT2D eigenvalue weighted by Crippen LogP contribution is 2.21. The molecule has 0 saturated carbocycles. The zero-order valence-electron chi connectivity index (χ0n) is 18.8. The minimum absolute atomic E-state index is 0.117. The number of nitrogens with one attached hydrogen (secondary N) is 2. The first-order valence-corrected chi connectivity index (χ1v) is 11.9. The Kier molecular flexibility index (Phi) is 7.97. The van der Waals surface area contributed by atoms with Gasteiger partial charge in [-0.3, -0.25) is 4.79 Å². The molecular formula is C25H27N3O4S. The molecule has 1 amide bonds. The molecule has 33 heavy (non-hydrogen) atoms. The number of sulfonamides is 1. The Labute approximate surface area is 194 Å². The van der Waals surface area contributed by atoms with Crippen LogP contribution in [0.25, 0.3) is 0 Å². The van der Waals surface area contributed by atoms with Gasteiger partial charge in [0.1, 0.15) is 5.75 Å². The molecule has 0 heterocycles. The van der Waals surface area contributed by atoms with Gasteiger partial charge in [-0.25, -0.2) is 18.6 Å². The Bertz CT molecular complexity index is 1220. The number of aryl methyl sites for hydroxylation is 2. The molecule has 0 radical (unpaired) electrons. The monoisotopic (exact) mass is 465 g/mol. The van der Waals surface area contributed by atoms with Gasteiger partial charge in [0, 0.05) is 6.42 Å². The summed E-state index contributed by atoms with van der Waals surface area (Å²) in [5, 5.41) is 4.01. The number of benzene rings is 3. The van der Waals surface area contributed by atoms with E-state index in [4.69, 9.17) is 4.74 Å². The fraction of sp³-hybridized carbons (Fsp3) is 0.200. The number of carbonyl (C=O) groups excluding carboxylic acids is 1. The summed E-state index contributed by atoms with van der Waals surface area (Å²) >= 11 is 0. The van der Waals surface area contributed by atoms with Gasteiger partial charge in [0.15, 0.2) is 0 Å². The normalized spacial score (nSPS) is 12.5. The SMILES string of the molecule is COc1ccc(/C=N\NC(=O)C[C@H](NS(=O)(=O)c2ccc(C)cc2)c2ccccc2)cc1C. The molecule has 172 valence electrons. The van der Waals surface area contributed by atoms with Gasteiger partial charge in [-0.15, -0.1) is 0 Å². The Morgan fingerprint density at radius 1 is 1.03 bits per heavy atom. The topological polar surface area (TPSA) is 96.9 Å². The molecular weight excluding hydrogens is 438 g/mol. The van der Waals surface area contributed by atoms with Crippen molar-refractivity contribution in [2.45, 2.75) is 31.2 Å². The average Bonchev–Trinajstić information content (AvgIpc) is 2.79. The maximum atomic E-state index is 12.9. The summed E-state index contributed by atoms with van der Waals surface area (Å²) in [6.45, 7) is 3.80. The van der Waals surface area contributed by atoms with Crippen LogP contribution < -0.4 is 14.9 Å². The van der Waals surface area contributed by atoms with E-state index in [1.165, 1.54) is 6.21 Å². The van der Waals surface area contributed by atoms with Gasteiger partial charge >= 0.3 is 0 Å². The van der Waals surface area contributed by atoms with Crippen LogP contribution in [0.5, 0.6) is 5.75 Å². The molecule has 0 fully saturated rings. The molecule has 8 heteroatoms. The highest BCUT2D eigenvalue weighted by molar-refractivity contribution is 7.89. The van der Waals surface area contributed by atoms with Gasteiger partial charge in [0.05, 0.1) is 24.3 Å². The molecule has 3 aromatic carbocycles. The molecule has 0 unspecified atom stereocenters. The van der Waals surface area contributed by atoms with Gasteiger partial charge in [-0.05, 0) is 60.9 Å². The molecule has 0 aliphatic carbocycles. The predicted octanol–water partition coefficient (Wildman–Crippen LogP) is 3.87. The highest BCUT2D eigenvalue weighted by atomic mass is 32.2. The summed E-state index contributed by atoms with van der Waals surface area (Å²) in [7, 11) is -2.22. The minimum atomic E-state index is -3.83. The fourth-order valence-corrected chi connectivity index (χ4v) is 4.50. The van der Waals surface area contributed by atoms with E-state index in [-0.39, 0.29) is 11.3 Å². The van der Waals surface area contributed by atoms with Crippen LogP contribution in [0.1, 0.15) is 34.7 Å². The second kappa shape index (κ2) is 10.9. The van der Waals surface area contributed by atoms with Crippen molar-refractivity contribution in [3.8, 4) is 5.75 Å². The van der Waals surface area contributed by atoms with Crippen molar-refractivity contribution in [2.75, 3.05) is 7.11 Å². The summed E-state index contributed by atoms with van der Waals surface area (Å²) in [4.78, 5) is 12.7. The fourth-order valence-electron chi connectivity index (χ4n) is 3.28. The van der Waals surface area contributed by atoms with Crippen molar-refractivity contribution in [1.82, 2.24) is 10.1 Å². The number of ether oxygens (including phenoxy) is 1. The lowest BCUT2D eigenvalue weighted by Crippen LogP contribution is -2.32. The van der Waals surface area contributed by atoms with Crippen molar-refractivity contribution in [3.63, 3.8) is 0 Å². The molecule has 0 saturated heterocycles. The first-order valence-electron chi connectivity index (χ1n) is 10.4. The Balaban J connectivity index is 1.72. The van der Waals surface area contributed by atoms with Gasteiger partial charge in [-0.1, -0.05) is 48.0 Å². The Hall–Kier alpha value is -3.49. The van der Waals surface area contributed by atoms with E-state index >= 15 is 0 Å². The third-order valence-electron chi connectivity index (χ3n) is 5.04. The van der Waals surface area contributed by atoms with Crippen LogP contribution in [0.3, 0.4) is 0 Å². The van der Waals surface area contributed by atoms with Crippen molar-refractivity contribution in [3.05, 3.63) is 95.1 Å². The van der Waals surface area contributed by atoms with Crippen molar-refractivity contribution in [2.24, 2.45) is 5.10 Å². The molecule has 0 aromatic heterocycles. The first-order chi connectivity index (χ1) is 15.8. The summed E-state index contributed by atoms with van der Waals surface area (Å²) in [6, 6.07) is 20.3. The van der Waals surface area contributed by atoms with Crippen LogP contribution in [0.2, 0.25) is 0 Å². The maximum Gasteiger partial charge on any atom is 0.242 e. The zero-order valence-corrected chi connectivity index (χ0v) is 19.6. The number of rotatable bonds is 9. The van der Waals surface area contributed by atoms with E-state index in [0.29, 0.717) is 5.56 Å². The number of amides is 1. The van der Waals surface area contributed by atoms with Crippen LogP contribution in [0.15, 0.2) is 82.8 Å². The van der Waals surface area contributed by atoms with Gasteiger partial charge < -0.3 is 4.74 Å². The molecule has 2 N–H and O–H groups in total. The lowest BCUT2D eigenvalue weighted by Gasteiger charge is -2.18. The maximum absolute atomic E-state index is 12.9. The molecule has 0 bridgehead atoms. The number of carbonyl (C=O) groups is 1.